The summed E-state index contributed by atoms with van der Waals surface area (Å²) in [6, 6.07) is 7.11. The number of nitrogens with zero attached hydrogens (tertiary/aromatic N) is 1. The number of benzene rings is 1. The number of nitriles is 1. The van der Waals surface area contributed by atoms with Crippen LogP contribution < -0.4 is 10.1 Å². The van der Waals surface area contributed by atoms with Crippen LogP contribution in [-0.4, -0.2) is 25.0 Å². The van der Waals surface area contributed by atoms with E-state index in [9.17, 15) is 4.79 Å². The van der Waals surface area contributed by atoms with Crippen LogP contribution in [0.1, 0.15) is 12.0 Å². The molecule has 0 aromatic heterocycles. The van der Waals surface area contributed by atoms with Crippen molar-refractivity contribution >= 4 is 23.4 Å². The van der Waals surface area contributed by atoms with Gasteiger partial charge in [0.05, 0.1) is 12.7 Å². The molecule has 17 heavy (non-hydrogen) atoms. The third-order valence-electron chi connectivity index (χ3n) is 2.16. The molecule has 90 valence electrons. The molecular formula is C12H14N2O2S. The van der Waals surface area contributed by atoms with Crippen LogP contribution in [0.3, 0.4) is 0 Å². The molecule has 4 nitrogen and oxygen atoms in total. The van der Waals surface area contributed by atoms with Crippen LogP contribution in [0.5, 0.6) is 5.75 Å². The van der Waals surface area contributed by atoms with E-state index in [0.717, 1.165) is 5.75 Å². The molecule has 0 fully saturated rings. The summed E-state index contributed by atoms with van der Waals surface area (Å²) in [6.07, 6.45) is 2.36. The summed E-state index contributed by atoms with van der Waals surface area (Å²) in [5, 5.41) is 11.7. The maximum absolute atomic E-state index is 11.6. The van der Waals surface area contributed by atoms with Gasteiger partial charge in [-0.15, -0.1) is 0 Å². The van der Waals surface area contributed by atoms with Crippen molar-refractivity contribution in [2.75, 3.05) is 24.4 Å². The lowest BCUT2D eigenvalue weighted by Crippen LogP contribution is -2.14. The molecule has 0 heterocycles. The first kappa shape index (κ1) is 13.4. The predicted molar refractivity (Wildman–Crippen MR) is 69.3 cm³/mol. The molecule has 0 aliphatic rings. The van der Waals surface area contributed by atoms with E-state index in [0.29, 0.717) is 23.4 Å². The molecule has 0 bridgehead atoms. The van der Waals surface area contributed by atoms with Crippen molar-refractivity contribution in [1.82, 2.24) is 0 Å². The first-order chi connectivity index (χ1) is 8.22. The first-order valence-electron chi connectivity index (χ1n) is 5.08. The number of methoxy groups -OCH3 is 1. The zero-order valence-electron chi connectivity index (χ0n) is 9.82. The SMILES string of the molecule is COc1cccc(C#N)c1NC(=O)CCSC. The van der Waals surface area contributed by atoms with Gasteiger partial charge in [-0.3, -0.25) is 4.79 Å². The Morgan fingerprint density at radius 1 is 1.59 bits per heavy atom. The number of rotatable bonds is 5. The Kier molecular flexibility index (Phi) is 5.37. The highest BCUT2D eigenvalue weighted by Crippen LogP contribution is 2.27. The van der Waals surface area contributed by atoms with Gasteiger partial charge in [0, 0.05) is 12.2 Å². The highest BCUT2D eigenvalue weighted by Gasteiger charge is 2.11. The number of carbonyl (C=O) groups excluding carboxylic acids is 1. The topological polar surface area (TPSA) is 62.1 Å². The Balaban J connectivity index is 2.88. The van der Waals surface area contributed by atoms with Gasteiger partial charge in [-0.05, 0) is 18.4 Å². The van der Waals surface area contributed by atoms with Gasteiger partial charge in [0.1, 0.15) is 17.5 Å². The van der Waals surface area contributed by atoms with E-state index in [1.807, 2.05) is 12.3 Å². The Bertz CT molecular complexity index is 441. The number of thioether (sulfide) groups is 1. The summed E-state index contributed by atoms with van der Waals surface area (Å²) in [6.45, 7) is 0. The molecule has 0 aliphatic carbocycles. The van der Waals surface area contributed by atoms with E-state index in [-0.39, 0.29) is 5.91 Å². The quantitative estimate of drug-likeness (QED) is 0.870. The zero-order chi connectivity index (χ0) is 12.7. The van der Waals surface area contributed by atoms with Crippen LogP contribution in [-0.2, 0) is 4.79 Å². The summed E-state index contributed by atoms with van der Waals surface area (Å²) >= 11 is 1.60. The van der Waals surface area contributed by atoms with Crippen LogP contribution in [0, 0.1) is 11.3 Å². The minimum atomic E-state index is -0.111. The average Bonchev–Trinajstić information content (AvgIpc) is 2.36. The molecule has 0 atom stereocenters. The summed E-state index contributed by atoms with van der Waals surface area (Å²) < 4.78 is 5.12. The summed E-state index contributed by atoms with van der Waals surface area (Å²) in [7, 11) is 1.51. The fourth-order valence-electron chi connectivity index (χ4n) is 1.32. The molecule has 1 aromatic rings. The van der Waals surface area contributed by atoms with Gasteiger partial charge in [0.15, 0.2) is 0 Å². The zero-order valence-corrected chi connectivity index (χ0v) is 10.6. The highest BCUT2D eigenvalue weighted by atomic mass is 32.2. The molecule has 0 radical (unpaired) electrons. The maximum Gasteiger partial charge on any atom is 0.225 e. The Hall–Kier alpha value is -1.67. The number of anilines is 1. The smallest absolute Gasteiger partial charge is 0.225 e. The molecule has 1 N–H and O–H groups in total. The van der Waals surface area contributed by atoms with Gasteiger partial charge in [0.2, 0.25) is 5.91 Å². The third-order valence-corrected chi connectivity index (χ3v) is 2.78. The third kappa shape index (κ3) is 3.68. The number of hydrogen-bond acceptors (Lipinski definition) is 4. The molecule has 1 rings (SSSR count). The van der Waals surface area contributed by atoms with Gasteiger partial charge in [-0.1, -0.05) is 6.07 Å². The van der Waals surface area contributed by atoms with Crippen molar-refractivity contribution in [3.63, 3.8) is 0 Å². The molecule has 0 saturated heterocycles. The molecule has 0 aliphatic heterocycles. The number of carbonyl (C=O) groups is 1. The van der Waals surface area contributed by atoms with Crippen LogP contribution in [0.15, 0.2) is 18.2 Å². The number of ether oxygens (including phenoxy) is 1. The van der Waals surface area contributed by atoms with Crippen molar-refractivity contribution in [3.8, 4) is 11.8 Å². The molecule has 0 saturated carbocycles. The van der Waals surface area contributed by atoms with Gasteiger partial charge in [-0.2, -0.15) is 17.0 Å². The van der Waals surface area contributed by atoms with E-state index < -0.39 is 0 Å². The van der Waals surface area contributed by atoms with Crippen molar-refractivity contribution in [3.05, 3.63) is 23.8 Å². The van der Waals surface area contributed by atoms with Gasteiger partial charge >= 0.3 is 0 Å². The molecule has 0 spiro atoms. The van der Waals surface area contributed by atoms with Crippen molar-refractivity contribution in [2.24, 2.45) is 0 Å². The first-order valence-corrected chi connectivity index (χ1v) is 6.48. The lowest BCUT2D eigenvalue weighted by atomic mass is 10.1. The Morgan fingerprint density at radius 3 is 2.94 bits per heavy atom. The summed E-state index contributed by atoms with van der Waals surface area (Å²) in [4.78, 5) is 11.6. The van der Waals surface area contributed by atoms with Crippen LogP contribution in [0.2, 0.25) is 0 Å². The lowest BCUT2D eigenvalue weighted by molar-refractivity contribution is -0.115. The molecule has 1 amide bonds. The lowest BCUT2D eigenvalue weighted by Gasteiger charge is -2.11. The molecule has 5 heteroatoms. The largest absolute Gasteiger partial charge is 0.495 e. The summed E-state index contributed by atoms with van der Waals surface area (Å²) in [5.41, 5.74) is 0.852. The Morgan fingerprint density at radius 2 is 2.35 bits per heavy atom. The minimum absolute atomic E-state index is 0.111. The number of amides is 1. The highest BCUT2D eigenvalue weighted by molar-refractivity contribution is 7.98. The standard InChI is InChI=1S/C12H14N2O2S/c1-16-10-5-3-4-9(8-13)12(10)14-11(15)6-7-17-2/h3-5H,6-7H2,1-2H3,(H,14,15). The monoisotopic (exact) mass is 250 g/mol. The average molecular weight is 250 g/mol. The second kappa shape index (κ2) is 6.81. The maximum atomic E-state index is 11.6. The second-order valence-electron chi connectivity index (χ2n) is 3.29. The molecule has 0 unspecified atom stereocenters. The van der Waals surface area contributed by atoms with Gasteiger partial charge in [-0.25, -0.2) is 0 Å². The van der Waals surface area contributed by atoms with E-state index in [4.69, 9.17) is 10.00 Å². The number of hydrogen-bond donors (Lipinski definition) is 1. The fraction of sp³-hybridized carbons (Fsp3) is 0.333. The van der Waals surface area contributed by atoms with E-state index in [1.54, 1.807) is 30.0 Å². The Labute approximate surface area is 105 Å². The second-order valence-corrected chi connectivity index (χ2v) is 4.27. The van der Waals surface area contributed by atoms with Crippen LogP contribution >= 0.6 is 11.8 Å². The van der Waals surface area contributed by atoms with Crippen molar-refractivity contribution < 1.29 is 9.53 Å². The van der Waals surface area contributed by atoms with Gasteiger partial charge in [0.25, 0.3) is 0 Å². The van der Waals surface area contributed by atoms with E-state index in [1.165, 1.54) is 7.11 Å². The van der Waals surface area contributed by atoms with Crippen LogP contribution in [0.25, 0.3) is 0 Å². The van der Waals surface area contributed by atoms with Gasteiger partial charge < -0.3 is 10.1 Å². The fourth-order valence-corrected chi connectivity index (χ4v) is 1.71. The predicted octanol–water partition coefficient (Wildman–Crippen LogP) is 2.26. The number of para-hydroxylation sites is 1. The molecule has 1 aromatic carbocycles. The van der Waals surface area contributed by atoms with E-state index in [2.05, 4.69) is 5.32 Å². The number of nitrogens with one attached hydrogen (secondary N) is 1. The minimum Gasteiger partial charge on any atom is -0.495 e. The van der Waals surface area contributed by atoms with Crippen molar-refractivity contribution in [1.29, 1.82) is 5.26 Å². The summed E-state index contributed by atoms with van der Waals surface area (Å²) in [5.74, 6) is 1.14. The van der Waals surface area contributed by atoms with Crippen molar-refractivity contribution in [2.45, 2.75) is 6.42 Å². The van der Waals surface area contributed by atoms with E-state index >= 15 is 0 Å². The normalized spacial score (nSPS) is 9.47. The van der Waals surface area contributed by atoms with Crippen LogP contribution in [0.4, 0.5) is 5.69 Å². The molecular weight excluding hydrogens is 236 g/mol.